The van der Waals surface area contributed by atoms with E-state index in [0.29, 0.717) is 0 Å². The van der Waals surface area contributed by atoms with Crippen molar-refractivity contribution in [2.45, 2.75) is 13.3 Å². The second-order valence-corrected chi connectivity index (χ2v) is 7.03. The largest absolute Gasteiger partial charge is 0.726 e. The quantitative estimate of drug-likeness (QED) is 0.391. The average Bonchev–Trinajstić information content (AvgIpc) is 2.93. The molecule has 7 heteroatoms. The van der Waals surface area contributed by atoms with E-state index in [0.717, 1.165) is 13.5 Å². The van der Waals surface area contributed by atoms with E-state index in [1.54, 1.807) is 0 Å². The molecule has 1 aromatic heterocycles. The molecule has 144 valence electrons. The maximum Gasteiger partial charge on any atom is 0.242 e. The third-order valence-corrected chi connectivity index (χ3v) is 4.73. The van der Waals surface area contributed by atoms with Gasteiger partial charge in [-0.1, -0.05) is 55.5 Å². The summed E-state index contributed by atoms with van der Waals surface area (Å²) < 4.78 is 35.5. The maximum atomic E-state index is 9.22. The normalized spacial score (nSPS) is 11.0. The van der Waals surface area contributed by atoms with E-state index < -0.39 is 10.4 Å². The highest BCUT2D eigenvalue weighted by Crippen LogP contribution is 2.30. The van der Waals surface area contributed by atoms with Crippen molar-refractivity contribution in [3.8, 4) is 22.5 Å². The molecule has 0 aliphatic carbocycles. The van der Waals surface area contributed by atoms with Gasteiger partial charge in [0.2, 0.25) is 16.1 Å². The zero-order valence-electron chi connectivity index (χ0n) is 15.9. The van der Waals surface area contributed by atoms with Crippen LogP contribution in [0, 0.1) is 0 Å². The number of benzene rings is 2. The summed E-state index contributed by atoms with van der Waals surface area (Å²) in [6, 6.07) is 21.3. The van der Waals surface area contributed by atoms with Crippen LogP contribution in [0.3, 0.4) is 0 Å². The van der Waals surface area contributed by atoms with Crippen LogP contribution in [-0.2, 0) is 35.1 Å². The average molecular weight is 388 g/mol. The molecule has 2 aromatic carbocycles. The van der Waals surface area contributed by atoms with Crippen LogP contribution in [0.15, 0.2) is 60.7 Å². The number of hydrogen-bond donors (Lipinski definition) is 0. The second kappa shape index (κ2) is 8.94. The van der Waals surface area contributed by atoms with Crippen LogP contribution < -0.4 is 4.68 Å². The van der Waals surface area contributed by atoms with Gasteiger partial charge in [0.1, 0.15) is 5.69 Å². The van der Waals surface area contributed by atoms with Gasteiger partial charge < -0.3 is 4.55 Å². The third kappa shape index (κ3) is 5.03. The summed E-state index contributed by atoms with van der Waals surface area (Å²) in [6.45, 7) is 2.23. The van der Waals surface area contributed by atoms with Gasteiger partial charge in [0.25, 0.3) is 0 Å². The summed E-state index contributed by atoms with van der Waals surface area (Å²) >= 11 is 0. The SMILES string of the molecule is CCc1c(-c2ccccc2)n(C)[n+](C)c1-c1ccccc1.COS(=O)(=O)[O-]. The summed E-state index contributed by atoms with van der Waals surface area (Å²) in [5.74, 6) is 0. The summed E-state index contributed by atoms with van der Waals surface area (Å²) in [5.41, 5.74) is 6.56. The minimum absolute atomic E-state index is 0.808. The summed E-state index contributed by atoms with van der Waals surface area (Å²) in [6.07, 6.45) is 1.02. The van der Waals surface area contributed by atoms with Crippen molar-refractivity contribution in [1.82, 2.24) is 4.68 Å². The lowest BCUT2D eigenvalue weighted by atomic mass is 10.00. The van der Waals surface area contributed by atoms with Crippen LogP contribution in [0.4, 0.5) is 0 Å². The van der Waals surface area contributed by atoms with Crippen molar-refractivity contribution in [2.24, 2.45) is 14.1 Å². The Morgan fingerprint density at radius 2 is 1.44 bits per heavy atom. The molecule has 0 saturated carbocycles. The first-order chi connectivity index (χ1) is 12.8. The number of hydrogen-bond acceptors (Lipinski definition) is 4. The summed E-state index contributed by atoms with van der Waals surface area (Å²) in [4.78, 5) is 0. The lowest BCUT2D eigenvalue weighted by molar-refractivity contribution is -0.740. The molecular formula is C20H24N2O4S. The maximum absolute atomic E-state index is 9.22. The van der Waals surface area contributed by atoms with Crippen molar-refractivity contribution < 1.29 is 21.8 Å². The molecule has 0 saturated heterocycles. The van der Waals surface area contributed by atoms with Gasteiger partial charge in [-0.05, 0) is 18.6 Å². The highest BCUT2D eigenvalue weighted by atomic mass is 32.3. The molecule has 0 fully saturated rings. The van der Waals surface area contributed by atoms with E-state index in [1.165, 1.54) is 28.1 Å². The van der Waals surface area contributed by atoms with Gasteiger partial charge in [0.15, 0.2) is 7.05 Å². The van der Waals surface area contributed by atoms with E-state index >= 15 is 0 Å². The number of aromatic nitrogens is 2. The van der Waals surface area contributed by atoms with Crippen LogP contribution in [0.1, 0.15) is 12.5 Å². The van der Waals surface area contributed by atoms with E-state index in [-0.39, 0.29) is 0 Å². The third-order valence-electron chi connectivity index (χ3n) is 4.32. The Morgan fingerprint density at radius 3 is 1.85 bits per heavy atom. The summed E-state index contributed by atoms with van der Waals surface area (Å²) in [7, 11) is 0.662. The van der Waals surface area contributed by atoms with Crippen LogP contribution in [-0.4, -0.2) is 24.8 Å². The predicted molar refractivity (Wildman–Crippen MR) is 104 cm³/mol. The molecule has 3 aromatic rings. The first-order valence-corrected chi connectivity index (χ1v) is 9.83. The Labute approximate surface area is 160 Å². The van der Waals surface area contributed by atoms with Gasteiger partial charge in [-0.3, -0.25) is 4.18 Å². The van der Waals surface area contributed by atoms with Gasteiger partial charge in [0, 0.05) is 11.1 Å². The van der Waals surface area contributed by atoms with E-state index in [9.17, 15) is 13.0 Å². The lowest BCUT2D eigenvalue weighted by Crippen LogP contribution is -2.39. The molecule has 0 N–H and O–H groups in total. The Kier molecular flexibility index (Phi) is 6.90. The van der Waals surface area contributed by atoms with Crippen molar-refractivity contribution >= 4 is 10.4 Å². The fourth-order valence-corrected chi connectivity index (χ4v) is 3.05. The predicted octanol–water partition coefficient (Wildman–Crippen LogP) is 2.84. The molecule has 6 nitrogen and oxygen atoms in total. The Balaban J connectivity index is 0.000000380. The highest BCUT2D eigenvalue weighted by Gasteiger charge is 2.26. The fraction of sp³-hybridized carbons (Fsp3) is 0.250. The molecule has 1 heterocycles. The van der Waals surface area contributed by atoms with Crippen LogP contribution in [0.2, 0.25) is 0 Å². The first kappa shape index (κ1) is 20.8. The Hall–Kier alpha value is -2.48. The fourth-order valence-electron chi connectivity index (χ4n) is 3.05. The van der Waals surface area contributed by atoms with Gasteiger partial charge in [-0.15, -0.1) is 4.68 Å². The minimum Gasteiger partial charge on any atom is -0.726 e. The molecule has 0 amide bonds. The molecule has 0 aliphatic heterocycles. The molecule has 0 atom stereocenters. The van der Waals surface area contributed by atoms with Gasteiger partial charge in [0.05, 0.1) is 19.7 Å². The van der Waals surface area contributed by atoms with Crippen molar-refractivity contribution in [2.75, 3.05) is 7.11 Å². The highest BCUT2D eigenvalue weighted by molar-refractivity contribution is 7.80. The zero-order chi connectivity index (χ0) is 20.0. The van der Waals surface area contributed by atoms with Crippen LogP contribution in [0.25, 0.3) is 22.5 Å². The molecule has 3 rings (SSSR count). The lowest BCUT2D eigenvalue weighted by Gasteiger charge is -2.02. The van der Waals surface area contributed by atoms with E-state index in [1.807, 2.05) is 0 Å². The number of rotatable bonds is 4. The molecule has 0 aliphatic rings. The molecular weight excluding hydrogens is 364 g/mol. The van der Waals surface area contributed by atoms with Crippen molar-refractivity contribution in [3.63, 3.8) is 0 Å². The van der Waals surface area contributed by atoms with Crippen LogP contribution in [0.5, 0.6) is 0 Å². The second-order valence-electron chi connectivity index (χ2n) is 5.88. The van der Waals surface area contributed by atoms with E-state index in [2.05, 4.69) is 95.2 Å². The van der Waals surface area contributed by atoms with Crippen molar-refractivity contribution in [3.05, 3.63) is 66.2 Å². The molecule has 0 radical (unpaired) electrons. The van der Waals surface area contributed by atoms with Crippen LogP contribution >= 0.6 is 0 Å². The molecule has 27 heavy (non-hydrogen) atoms. The monoisotopic (exact) mass is 388 g/mol. The Bertz CT molecular complexity index is 919. The summed E-state index contributed by atoms with van der Waals surface area (Å²) in [5, 5.41) is 0. The molecule has 0 unspecified atom stereocenters. The zero-order valence-corrected chi connectivity index (χ0v) is 16.7. The topological polar surface area (TPSA) is 75.2 Å². The first-order valence-electron chi connectivity index (χ1n) is 8.50. The van der Waals surface area contributed by atoms with Crippen molar-refractivity contribution in [1.29, 1.82) is 0 Å². The Morgan fingerprint density at radius 1 is 1.00 bits per heavy atom. The van der Waals surface area contributed by atoms with Gasteiger partial charge in [-0.2, -0.15) is 4.68 Å². The smallest absolute Gasteiger partial charge is 0.242 e. The van der Waals surface area contributed by atoms with E-state index in [4.69, 9.17) is 0 Å². The molecule has 0 spiro atoms. The minimum atomic E-state index is -4.41. The number of nitrogens with zero attached hydrogens (tertiary/aromatic N) is 2. The molecule has 0 bridgehead atoms. The standard InChI is InChI=1S/C19H21N2.CH4O4S/c1-4-17-18(15-11-7-5-8-12-15)20(2)21(3)19(17)16-13-9-6-10-14-16;1-5-6(2,3)4/h5-14H,4H2,1-3H3;1H3,(H,2,3,4)/q+1;/p-1. The van der Waals surface area contributed by atoms with Gasteiger partial charge in [-0.25, -0.2) is 8.42 Å². The van der Waals surface area contributed by atoms with Gasteiger partial charge >= 0.3 is 0 Å².